The summed E-state index contributed by atoms with van der Waals surface area (Å²) in [6, 6.07) is 26.5. The molecule has 0 fully saturated rings. The average Bonchev–Trinajstić information content (AvgIpc) is 2.87. The second-order valence-electron chi connectivity index (χ2n) is 8.30. The number of fused-ring (bicyclic) bond motifs is 1. The van der Waals surface area contributed by atoms with Crippen molar-refractivity contribution in [1.29, 1.82) is 0 Å². The van der Waals surface area contributed by atoms with Crippen LogP contribution in [0, 0.1) is 0 Å². The molecule has 0 aliphatic rings. The lowest BCUT2D eigenvalue weighted by molar-refractivity contribution is -0.116. The summed E-state index contributed by atoms with van der Waals surface area (Å²) < 4.78 is 5.92. The molecule has 1 unspecified atom stereocenters. The van der Waals surface area contributed by atoms with E-state index >= 15 is 0 Å². The lowest BCUT2D eigenvalue weighted by Gasteiger charge is -2.15. The predicted molar refractivity (Wildman–Crippen MR) is 141 cm³/mol. The first-order chi connectivity index (χ1) is 17.0. The van der Waals surface area contributed by atoms with Crippen molar-refractivity contribution in [2.75, 3.05) is 6.61 Å². The van der Waals surface area contributed by atoms with E-state index in [1.54, 1.807) is 12.1 Å². The minimum atomic E-state index is -0.212. The summed E-state index contributed by atoms with van der Waals surface area (Å²) in [5.41, 5.74) is 3.92. The molecule has 2 N–H and O–H groups in total. The van der Waals surface area contributed by atoms with Crippen LogP contribution in [0.25, 0.3) is 22.6 Å². The monoisotopic (exact) mass is 486 g/mol. The van der Waals surface area contributed by atoms with Crippen molar-refractivity contribution in [1.82, 2.24) is 10.3 Å². The van der Waals surface area contributed by atoms with Gasteiger partial charge in [0.1, 0.15) is 12.4 Å². The summed E-state index contributed by atoms with van der Waals surface area (Å²) in [4.78, 5) is 17.7. The Morgan fingerprint density at radius 3 is 2.51 bits per heavy atom. The third-order valence-electron chi connectivity index (χ3n) is 5.57. The largest absolute Gasteiger partial charge is 0.487 e. The number of aliphatic hydroxyl groups excluding tert-OH is 1. The van der Waals surface area contributed by atoms with Gasteiger partial charge >= 0.3 is 0 Å². The van der Waals surface area contributed by atoms with E-state index in [2.05, 4.69) is 10.3 Å². The highest BCUT2D eigenvalue weighted by atomic mass is 35.5. The Morgan fingerprint density at radius 2 is 1.77 bits per heavy atom. The molecule has 4 rings (SSSR count). The molecule has 1 heterocycles. The van der Waals surface area contributed by atoms with Crippen LogP contribution < -0.4 is 10.1 Å². The zero-order valence-corrected chi connectivity index (χ0v) is 20.2. The Labute approximate surface area is 210 Å². The summed E-state index contributed by atoms with van der Waals surface area (Å²) >= 11 is 6.04. The fraction of sp³-hybridized carbons (Fsp3) is 0.172. The van der Waals surface area contributed by atoms with E-state index in [0.29, 0.717) is 29.4 Å². The van der Waals surface area contributed by atoms with Crippen LogP contribution in [0.3, 0.4) is 0 Å². The van der Waals surface area contributed by atoms with Crippen molar-refractivity contribution in [2.24, 2.45) is 0 Å². The number of nitrogens with zero attached hydrogens (tertiary/aromatic N) is 1. The van der Waals surface area contributed by atoms with E-state index in [-0.39, 0.29) is 18.6 Å². The molecule has 1 atom stereocenters. The van der Waals surface area contributed by atoms with E-state index in [1.807, 2.05) is 85.8 Å². The van der Waals surface area contributed by atoms with Crippen molar-refractivity contribution in [3.05, 3.63) is 107 Å². The van der Waals surface area contributed by atoms with Crippen LogP contribution in [0.4, 0.5) is 0 Å². The Bertz CT molecular complexity index is 1320. The highest BCUT2D eigenvalue weighted by molar-refractivity contribution is 6.31. The summed E-state index contributed by atoms with van der Waals surface area (Å²) in [6.07, 6.45) is 2.32. The van der Waals surface area contributed by atoms with Crippen LogP contribution >= 0.6 is 11.6 Å². The molecule has 1 amide bonds. The topological polar surface area (TPSA) is 71.5 Å². The van der Waals surface area contributed by atoms with Crippen LogP contribution in [-0.2, 0) is 11.4 Å². The number of para-hydroxylation sites is 1. The molecule has 4 aromatic rings. The third-order valence-corrected chi connectivity index (χ3v) is 5.83. The van der Waals surface area contributed by atoms with E-state index in [1.165, 1.54) is 0 Å². The van der Waals surface area contributed by atoms with Gasteiger partial charge < -0.3 is 15.2 Å². The maximum Gasteiger partial charge on any atom is 0.252 e. The Morgan fingerprint density at radius 1 is 1.03 bits per heavy atom. The maximum absolute atomic E-state index is 13.0. The van der Waals surface area contributed by atoms with Crippen LogP contribution in [-0.4, -0.2) is 28.6 Å². The predicted octanol–water partition coefficient (Wildman–Crippen LogP) is 5.89. The standard InChI is InChI=1S/C29H27ClN2O3/c1-20(16-17-33)31-29(34)27(22-8-11-24(30)12-9-22)18-21-6-14-26(15-7-21)35-19-25-13-10-23-4-2-3-5-28(23)32-25/h2-15,18,20,33H,16-17,19H2,1H3,(H,31,34). The SMILES string of the molecule is CC(CCO)NC(=O)C(=Cc1ccc(OCc2ccc3ccccc3n2)cc1)c1ccc(Cl)cc1. The number of hydrogen-bond acceptors (Lipinski definition) is 4. The first-order valence-electron chi connectivity index (χ1n) is 11.5. The van der Waals surface area contributed by atoms with Crippen molar-refractivity contribution < 1.29 is 14.6 Å². The quantitative estimate of drug-likeness (QED) is 0.228. The average molecular weight is 487 g/mol. The van der Waals surface area contributed by atoms with Crippen LogP contribution in [0.15, 0.2) is 84.9 Å². The van der Waals surface area contributed by atoms with Gasteiger partial charge in [-0.05, 0) is 66.9 Å². The van der Waals surface area contributed by atoms with Gasteiger partial charge in [-0.2, -0.15) is 0 Å². The second-order valence-corrected chi connectivity index (χ2v) is 8.74. The lowest BCUT2D eigenvalue weighted by atomic mass is 10.0. The number of benzene rings is 3. The smallest absolute Gasteiger partial charge is 0.252 e. The second kappa shape index (κ2) is 11.6. The minimum absolute atomic E-state index is 0.0115. The molecule has 0 radical (unpaired) electrons. The van der Waals surface area contributed by atoms with Gasteiger partial charge in [-0.25, -0.2) is 4.98 Å². The summed E-state index contributed by atoms with van der Waals surface area (Å²) in [5, 5.41) is 13.8. The molecule has 3 aromatic carbocycles. The number of aliphatic hydroxyl groups is 1. The molecule has 0 saturated carbocycles. The van der Waals surface area contributed by atoms with E-state index in [0.717, 1.165) is 27.7 Å². The molecule has 6 heteroatoms. The van der Waals surface area contributed by atoms with E-state index in [9.17, 15) is 4.79 Å². The highest BCUT2D eigenvalue weighted by Gasteiger charge is 2.15. The normalized spacial score (nSPS) is 12.4. The molecule has 1 aromatic heterocycles. The molecule has 0 spiro atoms. The fourth-order valence-corrected chi connectivity index (χ4v) is 3.78. The van der Waals surface area contributed by atoms with Crippen LogP contribution in [0.5, 0.6) is 5.75 Å². The number of aromatic nitrogens is 1. The number of amides is 1. The Hall–Kier alpha value is -3.67. The number of pyridine rings is 1. The number of carbonyl (C=O) groups is 1. The molecule has 35 heavy (non-hydrogen) atoms. The minimum Gasteiger partial charge on any atom is -0.487 e. The summed E-state index contributed by atoms with van der Waals surface area (Å²) in [7, 11) is 0. The van der Waals surface area contributed by atoms with E-state index < -0.39 is 0 Å². The van der Waals surface area contributed by atoms with Gasteiger partial charge in [0.25, 0.3) is 5.91 Å². The van der Waals surface area contributed by atoms with Crippen molar-refractivity contribution in [3.63, 3.8) is 0 Å². The molecule has 5 nitrogen and oxygen atoms in total. The van der Waals surface area contributed by atoms with Crippen molar-refractivity contribution >= 4 is 40.1 Å². The van der Waals surface area contributed by atoms with Gasteiger partial charge in [-0.15, -0.1) is 0 Å². The number of rotatable bonds is 9. The van der Waals surface area contributed by atoms with Gasteiger partial charge in [0.15, 0.2) is 0 Å². The van der Waals surface area contributed by atoms with Gasteiger partial charge in [0.05, 0.1) is 11.2 Å². The van der Waals surface area contributed by atoms with Crippen molar-refractivity contribution in [2.45, 2.75) is 26.0 Å². The third kappa shape index (κ3) is 6.69. The molecule has 0 saturated heterocycles. The highest BCUT2D eigenvalue weighted by Crippen LogP contribution is 2.23. The number of halogens is 1. The summed E-state index contributed by atoms with van der Waals surface area (Å²) in [6.45, 7) is 2.24. The van der Waals surface area contributed by atoms with Crippen molar-refractivity contribution in [3.8, 4) is 5.75 Å². The molecule has 178 valence electrons. The first-order valence-corrected chi connectivity index (χ1v) is 11.9. The zero-order chi connectivity index (χ0) is 24.6. The van der Waals surface area contributed by atoms with Crippen LogP contribution in [0.1, 0.15) is 30.2 Å². The molecular weight excluding hydrogens is 460 g/mol. The van der Waals surface area contributed by atoms with Gasteiger partial charge in [-0.1, -0.05) is 60.1 Å². The Balaban J connectivity index is 1.49. The number of nitrogens with one attached hydrogen (secondary N) is 1. The zero-order valence-electron chi connectivity index (χ0n) is 19.4. The molecule has 0 bridgehead atoms. The molecule has 0 aliphatic carbocycles. The van der Waals surface area contributed by atoms with Gasteiger partial charge in [-0.3, -0.25) is 4.79 Å². The molecule has 0 aliphatic heterocycles. The van der Waals surface area contributed by atoms with Gasteiger partial charge in [0, 0.05) is 28.6 Å². The number of carbonyl (C=O) groups excluding carboxylic acids is 1. The molecular formula is C29H27ClN2O3. The fourth-order valence-electron chi connectivity index (χ4n) is 3.65. The lowest BCUT2D eigenvalue weighted by Crippen LogP contribution is -2.33. The Kier molecular flexibility index (Phi) is 8.14. The van der Waals surface area contributed by atoms with E-state index in [4.69, 9.17) is 21.4 Å². The number of ether oxygens (including phenoxy) is 1. The van der Waals surface area contributed by atoms with Crippen LogP contribution in [0.2, 0.25) is 5.02 Å². The first kappa shape index (κ1) is 24.5. The van der Waals surface area contributed by atoms with Gasteiger partial charge in [0.2, 0.25) is 0 Å². The maximum atomic E-state index is 13.0. The summed E-state index contributed by atoms with van der Waals surface area (Å²) in [5.74, 6) is 0.502. The number of hydrogen-bond donors (Lipinski definition) is 2.